The molecule has 0 spiro atoms. The van der Waals surface area contributed by atoms with E-state index in [1.54, 1.807) is 12.1 Å². The van der Waals surface area contributed by atoms with Crippen LogP contribution in [0.1, 0.15) is 22.3 Å². The molecular weight excluding hydrogens is 474 g/mol. The molecule has 190 valence electrons. The van der Waals surface area contributed by atoms with Crippen LogP contribution < -0.4 is 5.32 Å². The lowest BCUT2D eigenvalue weighted by atomic mass is 10.0. The van der Waals surface area contributed by atoms with Crippen molar-refractivity contribution in [1.29, 1.82) is 0 Å². The van der Waals surface area contributed by atoms with Crippen molar-refractivity contribution in [3.63, 3.8) is 0 Å². The second-order valence-electron chi connectivity index (χ2n) is 8.90. The Labute approximate surface area is 213 Å². The number of carbonyl (C=O) groups excluding carboxylic acids is 2. The Morgan fingerprint density at radius 2 is 1.50 bits per heavy atom. The first kappa shape index (κ1) is 27.1. The van der Waals surface area contributed by atoms with Gasteiger partial charge in [0.25, 0.3) is 0 Å². The van der Waals surface area contributed by atoms with Gasteiger partial charge in [0.15, 0.2) is 0 Å². The van der Waals surface area contributed by atoms with Crippen LogP contribution >= 0.6 is 0 Å². The van der Waals surface area contributed by atoms with Gasteiger partial charge >= 0.3 is 0 Å². The molecule has 0 radical (unpaired) electrons. The number of hydrogen-bond donors (Lipinski definition) is 1. The van der Waals surface area contributed by atoms with Crippen molar-refractivity contribution in [1.82, 2.24) is 14.5 Å². The number of amides is 2. The molecule has 8 heteroatoms. The Kier molecular flexibility index (Phi) is 9.01. The topological polar surface area (TPSA) is 86.8 Å². The summed E-state index contributed by atoms with van der Waals surface area (Å²) in [6.45, 7) is 3.60. The first-order chi connectivity index (χ1) is 17.1. The Balaban J connectivity index is 1.94. The molecule has 3 aromatic carbocycles. The lowest BCUT2D eigenvalue weighted by molar-refractivity contribution is -0.141. The molecule has 0 aromatic heterocycles. The van der Waals surface area contributed by atoms with Gasteiger partial charge < -0.3 is 10.2 Å². The highest BCUT2D eigenvalue weighted by molar-refractivity contribution is 7.89. The predicted molar refractivity (Wildman–Crippen MR) is 141 cm³/mol. The largest absolute Gasteiger partial charge is 0.357 e. The average molecular weight is 508 g/mol. The van der Waals surface area contributed by atoms with E-state index in [0.717, 1.165) is 26.6 Å². The Morgan fingerprint density at radius 3 is 2.11 bits per heavy atom. The van der Waals surface area contributed by atoms with Gasteiger partial charge in [-0.15, -0.1) is 0 Å². The summed E-state index contributed by atoms with van der Waals surface area (Å²) >= 11 is 0. The molecule has 0 aliphatic carbocycles. The number of likely N-dealkylation sites (N-methyl/N-ethyl adjacent to an activating group) is 2. The maximum absolute atomic E-state index is 13.7. The SMILES string of the molecule is CNC(=O)[C@@H](Cc1ccccc1)N(Cc1cccc(C)c1)C(=O)CN(C)S(=O)(=O)c1ccc(C)cc1. The summed E-state index contributed by atoms with van der Waals surface area (Å²) in [7, 11) is -0.979. The van der Waals surface area contributed by atoms with Gasteiger partial charge in [0.2, 0.25) is 21.8 Å². The fourth-order valence-corrected chi connectivity index (χ4v) is 5.10. The van der Waals surface area contributed by atoms with E-state index in [1.807, 2.05) is 68.4 Å². The molecule has 0 fully saturated rings. The van der Waals surface area contributed by atoms with E-state index in [9.17, 15) is 18.0 Å². The summed E-state index contributed by atoms with van der Waals surface area (Å²) in [6, 6.07) is 22.8. The molecule has 0 bridgehead atoms. The molecule has 0 saturated carbocycles. The molecule has 0 saturated heterocycles. The molecule has 3 aromatic rings. The number of carbonyl (C=O) groups is 2. The monoisotopic (exact) mass is 507 g/mol. The van der Waals surface area contributed by atoms with Crippen molar-refractivity contribution in [3.8, 4) is 0 Å². The minimum absolute atomic E-state index is 0.112. The second kappa shape index (κ2) is 12.0. The van der Waals surface area contributed by atoms with Crippen LogP contribution in [0.5, 0.6) is 0 Å². The van der Waals surface area contributed by atoms with Gasteiger partial charge in [0.05, 0.1) is 11.4 Å². The van der Waals surface area contributed by atoms with Crippen LogP contribution in [-0.4, -0.2) is 56.1 Å². The van der Waals surface area contributed by atoms with Crippen LogP contribution in [0, 0.1) is 13.8 Å². The van der Waals surface area contributed by atoms with E-state index in [0.29, 0.717) is 6.42 Å². The molecule has 0 aliphatic heterocycles. The molecule has 3 rings (SSSR count). The summed E-state index contributed by atoms with van der Waals surface area (Å²) < 4.78 is 27.3. The van der Waals surface area contributed by atoms with E-state index < -0.39 is 28.5 Å². The Morgan fingerprint density at radius 1 is 0.861 bits per heavy atom. The highest BCUT2D eigenvalue weighted by atomic mass is 32.2. The fraction of sp³-hybridized carbons (Fsp3) is 0.286. The standard InChI is InChI=1S/C28H33N3O4S/c1-21-13-15-25(16-14-21)36(34,35)30(4)20-27(32)31(19-24-12-8-9-22(2)17-24)26(28(33)29-3)18-23-10-6-5-7-11-23/h5-17,26H,18-20H2,1-4H3,(H,29,33)/t26-/m1/s1. The highest BCUT2D eigenvalue weighted by Crippen LogP contribution is 2.19. The minimum atomic E-state index is -3.89. The van der Waals surface area contributed by atoms with Gasteiger partial charge in [0.1, 0.15) is 6.04 Å². The summed E-state index contributed by atoms with van der Waals surface area (Å²) in [5.41, 5.74) is 3.72. The van der Waals surface area contributed by atoms with Gasteiger partial charge in [-0.1, -0.05) is 77.9 Å². The third-order valence-corrected chi connectivity index (χ3v) is 7.86. The Bertz CT molecular complexity index is 1290. The van der Waals surface area contributed by atoms with E-state index in [4.69, 9.17) is 0 Å². The first-order valence-corrected chi connectivity index (χ1v) is 13.2. The smallest absolute Gasteiger partial charge is 0.243 e. The lowest BCUT2D eigenvalue weighted by Gasteiger charge is -2.32. The molecule has 1 atom stereocenters. The molecule has 36 heavy (non-hydrogen) atoms. The van der Waals surface area contributed by atoms with Gasteiger partial charge in [-0.05, 0) is 37.1 Å². The number of rotatable bonds is 10. The van der Waals surface area contributed by atoms with Crippen LogP contribution in [0.2, 0.25) is 0 Å². The minimum Gasteiger partial charge on any atom is -0.357 e. The molecule has 2 amide bonds. The molecule has 0 aliphatic rings. The summed E-state index contributed by atoms with van der Waals surface area (Å²) in [6.07, 6.45) is 0.298. The normalized spacial score (nSPS) is 12.2. The number of nitrogens with one attached hydrogen (secondary N) is 1. The zero-order chi connectivity index (χ0) is 26.3. The maximum Gasteiger partial charge on any atom is 0.243 e. The van der Waals surface area contributed by atoms with E-state index in [1.165, 1.54) is 31.1 Å². The van der Waals surface area contributed by atoms with Crippen LogP contribution in [0.25, 0.3) is 0 Å². The van der Waals surface area contributed by atoms with Crippen LogP contribution in [0.15, 0.2) is 83.8 Å². The van der Waals surface area contributed by atoms with Crippen molar-refractivity contribution in [2.75, 3.05) is 20.6 Å². The van der Waals surface area contributed by atoms with E-state index in [-0.39, 0.29) is 17.3 Å². The average Bonchev–Trinajstić information content (AvgIpc) is 2.86. The highest BCUT2D eigenvalue weighted by Gasteiger charge is 2.32. The van der Waals surface area contributed by atoms with Gasteiger partial charge in [-0.2, -0.15) is 4.31 Å². The Hall–Kier alpha value is -3.49. The third kappa shape index (κ3) is 6.80. The van der Waals surface area contributed by atoms with Crippen molar-refractivity contribution >= 4 is 21.8 Å². The van der Waals surface area contributed by atoms with Crippen LogP contribution in [0.3, 0.4) is 0 Å². The molecule has 0 unspecified atom stereocenters. The van der Waals surface area contributed by atoms with Gasteiger partial charge in [0, 0.05) is 27.1 Å². The zero-order valence-electron chi connectivity index (χ0n) is 21.1. The van der Waals surface area contributed by atoms with Crippen molar-refractivity contribution < 1.29 is 18.0 Å². The van der Waals surface area contributed by atoms with Gasteiger partial charge in [-0.3, -0.25) is 9.59 Å². The number of benzene rings is 3. The number of hydrogen-bond acceptors (Lipinski definition) is 4. The van der Waals surface area contributed by atoms with Gasteiger partial charge in [-0.25, -0.2) is 8.42 Å². The number of aryl methyl sites for hydroxylation is 2. The third-order valence-electron chi connectivity index (χ3n) is 6.04. The molecule has 1 N–H and O–H groups in total. The molecule has 7 nitrogen and oxygen atoms in total. The lowest BCUT2D eigenvalue weighted by Crippen LogP contribution is -2.52. The van der Waals surface area contributed by atoms with E-state index in [2.05, 4.69) is 5.32 Å². The number of sulfonamides is 1. The first-order valence-electron chi connectivity index (χ1n) is 11.8. The summed E-state index contributed by atoms with van der Waals surface area (Å²) in [4.78, 5) is 28.3. The summed E-state index contributed by atoms with van der Waals surface area (Å²) in [5, 5.41) is 2.67. The van der Waals surface area contributed by atoms with Crippen LogP contribution in [0.4, 0.5) is 0 Å². The maximum atomic E-state index is 13.7. The fourth-order valence-electron chi connectivity index (χ4n) is 3.98. The predicted octanol–water partition coefficient (Wildman–Crippen LogP) is 3.31. The van der Waals surface area contributed by atoms with Crippen molar-refractivity contribution in [2.45, 2.75) is 37.8 Å². The molecular formula is C28H33N3O4S. The number of nitrogens with zero attached hydrogens (tertiary/aromatic N) is 2. The van der Waals surface area contributed by atoms with E-state index >= 15 is 0 Å². The van der Waals surface area contributed by atoms with Crippen molar-refractivity contribution in [3.05, 3.63) is 101 Å². The summed E-state index contributed by atoms with van der Waals surface area (Å²) in [5.74, 6) is -0.775. The quantitative estimate of drug-likeness (QED) is 0.456. The van der Waals surface area contributed by atoms with Crippen molar-refractivity contribution in [2.24, 2.45) is 0 Å². The molecule has 0 heterocycles. The zero-order valence-corrected chi connectivity index (χ0v) is 22.0. The van der Waals surface area contributed by atoms with Crippen LogP contribution in [-0.2, 0) is 32.6 Å². The second-order valence-corrected chi connectivity index (χ2v) is 10.9.